The van der Waals surface area contributed by atoms with Crippen LogP contribution in [0.1, 0.15) is 49.9 Å². The van der Waals surface area contributed by atoms with E-state index in [-0.39, 0.29) is 24.0 Å². The van der Waals surface area contributed by atoms with Crippen LogP contribution in [-0.4, -0.2) is 37.2 Å². The van der Waals surface area contributed by atoms with Gasteiger partial charge in [-0.15, -0.1) is 24.0 Å². The van der Waals surface area contributed by atoms with Gasteiger partial charge < -0.3 is 15.4 Å². The molecule has 6 heteroatoms. The maximum atomic E-state index is 5.98. The summed E-state index contributed by atoms with van der Waals surface area (Å²) >= 11 is 0. The number of aliphatic imine (C=N–C) groups is 1. The standard InChI is InChI=1S/C18H30N4O.HI/c1-15-8-7-9-16(22-15)14-21-18(19-2)20-12-13-23-17-10-5-3-4-6-11-17;/h7-9,17H,3-6,10-14H2,1-2H3,(H2,19,20,21);1H. The van der Waals surface area contributed by atoms with Gasteiger partial charge in [0, 0.05) is 19.3 Å². The van der Waals surface area contributed by atoms with E-state index in [9.17, 15) is 0 Å². The highest BCUT2D eigenvalue weighted by atomic mass is 127. The first kappa shape index (κ1) is 21.2. The molecule has 1 aromatic heterocycles. The first-order chi connectivity index (χ1) is 11.3. The summed E-state index contributed by atoms with van der Waals surface area (Å²) in [6.45, 7) is 4.18. The Morgan fingerprint density at radius 3 is 2.62 bits per heavy atom. The van der Waals surface area contributed by atoms with Gasteiger partial charge in [0.1, 0.15) is 0 Å². The van der Waals surface area contributed by atoms with Crippen LogP contribution >= 0.6 is 24.0 Å². The van der Waals surface area contributed by atoms with Gasteiger partial charge in [0.05, 0.1) is 24.9 Å². The van der Waals surface area contributed by atoms with Crippen LogP contribution in [0.15, 0.2) is 23.2 Å². The van der Waals surface area contributed by atoms with Gasteiger partial charge in [-0.25, -0.2) is 0 Å². The minimum absolute atomic E-state index is 0. The van der Waals surface area contributed by atoms with Crippen molar-refractivity contribution in [1.29, 1.82) is 0 Å². The Morgan fingerprint density at radius 2 is 1.96 bits per heavy atom. The van der Waals surface area contributed by atoms with Crippen LogP contribution in [0.25, 0.3) is 0 Å². The molecule has 0 aromatic carbocycles. The molecule has 136 valence electrons. The summed E-state index contributed by atoms with van der Waals surface area (Å²) in [6.07, 6.45) is 8.22. The smallest absolute Gasteiger partial charge is 0.191 e. The summed E-state index contributed by atoms with van der Waals surface area (Å²) in [6, 6.07) is 6.04. The average molecular weight is 446 g/mol. The highest BCUT2D eigenvalue weighted by Gasteiger charge is 2.12. The predicted molar refractivity (Wildman–Crippen MR) is 110 cm³/mol. The van der Waals surface area contributed by atoms with E-state index in [1.165, 1.54) is 38.5 Å². The van der Waals surface area contributed by atoms with E-state index in [0.717, 1.165) is 30.5 Å². The summed E-state index contributed by atoms with van der Waals surface area (Å²) in [4.78, 5) is 8.71. The van der Waals surface area contributed by atoms with Gasteiger partial charge in [-0.2, -0.15) is 0 Å². The first-order valence-corrected chi connectivity index (χ1v) is 8.76. The van der Waals surface area contributed by atoms with Gasteiger partial charge in [0.25, 0.3) is 0 Å². The monoisotopic (exact) mass is 446 g/mol. The van der Waals surface area contributed by atoms with Crippen molar-refractivity contribution in [3.63, 3.8) is 0 Å². The van der Waals surface area contributed by atoms with E-state index in [2.05, 4.69) is 20.6 Å². The van der Waals surface area contributed by atoms with Crippen LogP contribution < -0.4 is 10.6 Å². The van der Waals surface area contributed by atoms with E-state index in [1.54, 1.807) is 7.05 Å². The Labute approximate surface area is 163 Å². The molecule has 0 atom stereocenters. The van der Waals surface area contributed by atoms with Crippen molar-refractivity contribution in [3.05, 3.63) is 29.6 Å². The number of hydrogen-bond donors (Lipinski definition) is 2. The molecule has 0 bridgehead atoms. The maximum absolute atomic E-state index is 5.98. The zero-order valence-corrected chi connectivity index (χ0v) is 17.2. The van der Waals surface area contributed by atoms with Crippen LogP contribution in [0.3, 0.4) is 0 Å². The molecule has 1 fully saturated rings. The number of pyridine rings is 1. The number of aryl methyl sites for hydroxylation is 1. The molecular weight excluding hydrogens is 415 g/mol. The fourth-order valence-corrected chi connectivity index (χ4v) is 2.90. The van der Waals surface area contributed by atoms with Gasteiger partial charge in [-0.3, -0.25) is 9.98 Å². The predicted octanol–water partition coefficient (Wildman–Crippen LogP) is 3.41. The summed E-state index contributed by atoms with van der Waals surface area (Å²) in [5.74, 6) is 0.790. The second-order valence-corrected chi connectivity index (χ2v) is 6.11. The minimum Gasteiger partial charge on any atom is -0.376 e. The normalized spacial score (nSPS) is 16.2. The molecule has 0 aliphatic heterocycles. The molecule has 5 nitrogen and oxygen atoms in total. The number of aromatic nitrogens is 1. The Balaban J connectivity index is 0.00000288. The van der Waals surface area contributed by atoms with Gasteiger partial charge in [0.15, 0.2) is 5.96 Å². The van der Waals surface area contributed by atoms with Crippen LogP contribution in [-0.2, 0) is 11.3 Å². The molecule has 0 unspecified atom stereocenters. The number of hydrogen-bond acceptors (Lipinski definition) is 3. The molecular formula is C18H31IN4O. The average Bonchev–Trinajstić information content (AvgIpc) is 2.83. The number of rotatable bonds is 6. The number of ether oxygens (including phenoxy) is 1. The fourth-order valence-electron chi connectivity index (χ4n) is 2.90. The largest absolute Gasteiger partial charge is 0.376 e. The molecule has 2 rings (SSSR count). The topological polar surface area (TPSA) is 58.5 Å². The molecule has 2 N–H and O–H groups in total. The lowest BCUT2D eigenvalue weighted by molar-refractivity contribution is 0.0468. The molecule has 0 saturated heterocycles. The third-order valence-corrected chi connectivity index (χ3v) is 4.16. The van der Waals surface area contributed by atoms with Crippen LogP contribution in [0.2, 0.25) is 0 Å². The molecule has 0 radical (unpaired) electrons. The SMILES string of the molecule is CN=C(NCCOC1CCCCCC1)NCc1cccc(C)n1.I. The second-order valence-electron chi connectivity index (χ2n) is 6.11. The minimum atomic E-state index is 0. The zero-order valence-electron chi connectivity index (χ0n) is 14.9. The Kier molecular flexibility index (Phi) is 11.0. The molecule has 1 aromatic rings. The number of nitrogens with zero attached hydrogens (tertiary/aromatic N) is 2. The van der Waals surface area contributed by atoms with Crippen LogP contribution in [0.4, 0.5) is 0 Å². The number of halogens is 1. The van der Waals surface area contributed by atoms with Crippen molar-refractivity contribution in [2.45, 2.75) is 58.1 Å². The molecule has 1 aliphatic rings. The molecule has 0 amide bonds. The van der Waals surface area contributed by atoms with E-state index < -0.39 is 0 Å². The van der Waals surface area contributed by atoms with Gasteiger partial charge in [-0.1, -0.05) is 31.7 Å². The molecule has 1 aliphatic carbocycles. The van der Waals surface area contributed by atoms with E-state index in [4.69, 9.17) is 4.74 Å². The molecule has 1 heterocycles. The summed E-state index contributed by atoms with van der Waals surface area (Å²) in [7, 11) is 1.78. The van der Waals surface area contributed by atoms with E-state index in [0.29, 0.717) is 12.6 Å². The lowest BCUT2D eigenvalue weighted by atomic mass is 10.1. The van der Waals surface area contributed by atoms with Crippen molar-refractivity contribution >= 4 is 29.9 Å². The quantitative estimate of drug-likeness (QED) is 0.231. The number of guanidine groups is 1. The third-order valence-electron chi connectivity index (χ3n) is 4.16. The fraction of sp³-hybridized carbons (Fsp3) is 0.667. The van der Waals surface area contributed by atoms with Crippen LogP contribution in [0, 0.1) is 6.92 Å². The number of nitrogens with one attached hydrogen (secondary N) is 2. The van der Waals surface area contributed by atoms with Gasteiger partial charge in [0.2, 0.25) is 0 Å². The zero-order chi connectivity index (χ0) is 16.3. The highest BCUT2D eigenvalue weighted by molar-refractivity contribution is 14.0. The summed E-state index contributed by atoms with van der Waals surface area (Å²) in [5.41, 5.74) is 2.05. The van der Waals surface area contributed by atoms with Crippen molar-refractivity contribution in [1.82, 2.24) is 15.6 Å². The molecule has 0 spiro atoms. The maximum Gasteiger partial charge on any atom is 0.191 e. The summed E-state index contributed by atoms with van der Waals surface area (Å²) in [5, 5.41) is 6.58. The van der Waals surface area contributed by atoms with E-state index >= 15 is 0 Å². The van der Waals surface area contributed by atoms with Gasteiger partial charge >= 0.3 is 0 Å². The summed E-state index contributed by atoms with van der Waals surface area (Å²) < 4.78 is 5.98. The van der Waals surface area contributed by atoms with E-state index in [1.807, 2.05) is 25.1 Å². The Hall–Kier alpha value is -0.890. The molecule has 1 saturated carbocycles. The van der Waals surface area contributed by atoms with Gasteiger partial charge in [-0.05, 0) is 31.9 Å². The van der Waals surface area contributed by atoms with Crippen molar-refractivity contribution in [2.24, 2.45) is 4.99 Å². The van der Waals surface area contributed by atoms with Crippen molar-refractivity contribution in [3.8, 4) is 0 Å². The lowest BCUT2D eigenvalue weighted by Gasteiger charge is -2.16. The van der Waals surface area contributed by atoms with Crippen molar-refractivity contribution in [2.75, 3.05) is 20.2 Å². The molecule has 24 heavy (non-hydrogen) atoms. The second kappa shape index (κ2) is 12.5. The van der Waals surface area contributed by atoms with Crippen molar-refractivity contribution < 1.29 is 4.74 Å². The third kappa shape index (κ3) is 8.28. The Morgan fingerprint density at radius 1 is 1.21 bits per heavy atom. The van der Waals surface area contributed by atoms with Crippen LogP contribution in [0.5, 0.6) is 0 Å². The first-order valence-electron chi connectivity index (χ1n) is 8.76. The highest BCUT2D eigenvalue weighted by Crippen LogP contribution is 2.19. The Bertz CT molecular complexity index is 488. The lowest BCUT2D eigenvalue weighted by Crippen LogP contribution is -2.39.